The smallest absolute Gasteiger partial charge is 0.270 e. The highest BCUT2D eigenvalue weighted by molar-refractivity contribution is 7.16. The third-order valence-corrected chi connectivity index (χ3v) is 5.67. The zero-order valence-corrected chi connectivity index (χ0v) is 15.2. The van der Waals surface area contributed by atoms with Crippen LogP contribution in [0.2, 0.25) is 0 Å². The van der Waals surface area contributed by atoms with Crippen LogP contribution in [-0.4, -0.2) is 15.9 Å². The van der Waals surface area contributed by atoms with Gasteiger partial charge in [0.2, 0.25) is 0 Å². The van der Waals surface area contributed by atoms with Crippen LogP contribution in [-0.2, 0) is 6.54 Å². The molecule has 3 heterocycles. The summed E-state index contributed by atoms with van der Waals surface area (Å²) in [7, 11) is 0. The first-order valence-corrected chi connectivity index (χ1v) is 9.54. The molecule has 124 valence electrons. The molecule has 0 aliphatic rings. The molecule has 6 heteroatoms. The Hall–Kier alpha value is -2.57. The van der Waals surface area contributed by atoms with E-state index < -0.39 is 0 Å². The average molecular weight is 365 g/mol. The van der Waals surface area contributed by atoms with Crippen molar-refractivity contribution in [2.45, 2.75) is 13.5 Å². The van der Waals surface area contributed by atoms with Crippen LogP contribution in [0.15, 0.2) is 53.9 Å². The van der Waals surface area contributed by atoms with E-state index in [0.29, 0.717) is 12.2 Å². The lowest BCUT2D eigenvalue weighted by Crippen LogP contribution is -2.23. The number of para-hydroxylation sites is 1. The minimum atomic E-state index is -0.162. The lowest BCUT2D eigenvalue weighted by atomic mass is 10.2. The molecule has 4 rings (SSSR count). The van der Waals surface area contributed by atoms with Gasteiger partial charge in [-0.3, -0.25) is 4.79 Å². The molecule has 3 aromatic heterocycles. The second kappa shape index (κ2) is 6.74. The van der Waals surface area contributed by atoms with Crippen molar-refractivity contribution in [3.8, 4) is 10.6 Å². The van der Waals surface area contributed by atoms with E-state index in [9.17, 15) is 4.79 Å². The number of rotatable bonds is 4. The number of benzene rings is 1. The summed E-state index contributed by atoms with van der Waals surface area (Å²) < 4.78 is 0. The van der Waals surface area contributed by atoms with E-state index in [-0.39, 0.29) is 5.91 Å². The van der Waals surface area contributed by atoms with Crippen LogP contribution in [0.25, 0.3) is 21.5 Å². The van der Waals surface area contributed by atoms with Gasteiger partial charge in [0.25, 0.3) is 5.91 Å². The predicted octanol–water partition coefficient (Wildman–Crippen LogP) is 4.66. The van der Waals surface area contributed by atoms with Gasteiger partial charge in [-0.15, -0.1) is 22.7 Å². The number of pyridine rings is 1. The molecule has 0 saturated carbocycles. The second-order valence-electron chi connectivity index (χ2n) is 5.59. The lowest BCUT2D eigenvalue weighted by Gasteiger charge is -2.04. The number of carbonyl (C=O) groups excluding carboxylic acids is 1. The number of aromatic nitrogens is 2. The van der Waals surface area contributed by atoms with E-state index in [1.165, 1.54) is 0 Å². The first kappa shape index (κ1) is 15.9. The maximum absolute atomic E-state index is 12.4. The number of nitrogens with one attached hydrogen (secondary N) is 1. The minimum absolute atomic E-state index is 0.162. The van der Waals surface area contributed by atoms with Crippen LogP contribution < -0.4 is 5.32 Å². The van der Waals surface area contributed by atoms with Gasteiger partial charge in [-0.1, -0.05) is 24.3 Å². The van der Waals surface area contributed by atoms with Gasteiger partial charge in [-0.25, -0.2) is 9.97 Å². The summed E-state index contributed by atoms with van der Waals surface area (Å²) in [6, 6.07) is 15.5. The highest BCUT2D eigenvalue weighted by Gasteiger charge is 2.10. The third-order valence-electron chi connectivity index (χ3n) is 3.79. The highest BCUT2D eigenvalue weighted by atomic mass is 32.1. The molecule has 0 aliphatic heterocycles. The number of aryl methyl sites for hydroxylation is 1. The van der Waals surface area contributed by atoms with Crippen molar-refractivity contribution in [2.75, 3.05) is 0 Å². The van der Waals surface area contributed by atoms with Crippen molar-refractivity contribution < 1.29 is 4.79 Å². The van der Waals surface area contributed by atoms with Gasteiger partial charge in [-0.05, 0) is 31.2 Å². The van der Waals surface area contributed by atoms with Gasteiger partial charge in [-0.2, -0.15) is 0 Å². The van der Waals surface area contributed by atoms with Crippen molar-refractivity contribution in [3.63, 3.8) is 0 Å². The summed E-state index contributed by atoms with van der Waals surface area (Å²) in [5, 5.41) is 7.08. The van der Waals surface area contributed by atoms with E-state index >= 15 is 0 Å². The fraction of sp³-hybridized carbons (Fsp3) is 0.105. The Labute approximate surface area is 153 Å². The molecule has 4 nitrogen and oxygen atoms in total. The molecule has 0 fully saturated rings. The average Bonchev–Trinajstić information content (AvgIpc) is 3.28. The zero-order chi connectivity index (χ0) is 17.2. The summed E-state index contributed by atoms with van der Waals surface area (Å²) in [4.78, 5) is 23.5. The third kappa shape index (κ3) is 3.45. The fourth-order valence-electron chi connectivity index (χ4n) is 2.54. The topological polar surface area (TPSA) is 54.9 Å². The summed E-state index contributed by atoms with van der Waals surface area (Å²) in [5.74, 6) is -0.162. The van der Waals surface area contributed by atoms with Gasteiger partial charge >= 0.3 is 0 Å². The summed E-state index contributed by atoms with van der Waals surface area (Å²) >= 11 is 3.29. The van der Waals surface area contributed by atoms with Crippen LogP contribution in [0.5, 0.6) is 0 Å². The standard InChI is InChI=1S/C19H15N3OS2/c1-12-21-17(11-24-12)18-9-7-14(25-18)10-20-19(23)16-8-6-13-4-2-3-5-15(13)22-16/h2-9,11H,10H2,1H3,(H,20,23). The van der Waals surface area contributed by atoms with Gasteiger partial charge < -0.3 is 5.32 Å². The number of thiophene rings is 1. The Kier molecular flexibility index (Phi) is 4.29. The Morgan fingerprint density at radius 1 is 1.08 bits per heavy atom. The van der Waals surface area contributed by atoms with E-state index in [4.69, 9.17) is 0 Å². The number of thiazole rings is 1. The molecule has 0 saturated heterocycles. The molecule has 1 aromatic carbocycles. The van der Waals surface area contributed by atoms with Crippen molar-refractivity contribution >= 4 is 39.5 Å². The second-order valence-corrected chi connectivity index (χ2v) is 7.82. The summed E-state index contributed by atoms with van der Waals surface area (Å²) in [6.07, 6.45) is 0. The molecular weight excluding hydrogens is 350 g/mol. The Morgan fingerprint density at radius 2 is 1.96 bits per heavy atom. The molecule has 0 aliphatic carbocycles. The van der Waals surface area contributed by atoms with Crippen LogP contribution in [0.3, 0.4) is 0 Å². The Balaban J connectivity index is 1.45. The van der Waals surface area contributed by atoms with E-state index in [1.807, 2.05) is 43.3 Å². The molecule has 1 amide bonds. The molecular formula is C19H15N3OS2. The van der Waals surface area contributed by atoms with Gasteiger partial charge in [0.1, 0.15) is 5.69 Å². The molecule has 0 spiro atoms. The fourth-order valence-corrected chi connectivity index (χ4v) is 4.13. The van der Waals surface area contributed by atoms with Gasteiger partial charge in [0, 0.05) is 15.6 Å². The van der Waals surface area contributed by atoms with Crippen LogP contribution in [0, 0.1) is 6.92 Å². The normalized spacial score (nSPS) is 10.9. The van der Waals surface area contributed by atoms with Crippen molar-refractivity contribution in [1.82, 2.24) is 15.3 Å². The molecule has 0 bridgehead atoms. The number of amides is 1. The predicted molar refractivity (Wildman–Crippen MR) is 103 cm³/mol. The highest BCUT2D eigenvalue weighted by Crippen LogP contribution is 2.28. The van der Waals surface area contributed by atoms with Crippen LogP contribution >= 0.6 is 22.7 Å². The number of fused-ring (bicyclic) bond motifs is 1. The van der Waals surface area contributed by atoms with Gasteiger partial charge in [0.15, 0.2) is 0 Å². The van der Waals surface area contributed by atoms with Gasteiger partial charge in [0.05, 0.1) is 27.6 Å². The number of nitrogens with zero attached hydrogens (tertiary/aromatic N) is 2. The van der Waals surface area contributed by atoms with Crippen molar-refractivity contribution in [3.05, 3.63) is 69.5 Å². The summed E-state index contributed by atoms with van der Waals surface area (Å²) in [5.41, 5.74) is 2.26. The molecule has 0 radical (unpaired) electrons. The lowest BCUT2D eigenvalue weighted by molar-refractivity contribution is 0.0946. The van der Waals surface area contributed by atoms with Crippen molar-refractivity contribution in [2.24, 2.45) is 0 Å². The maximum atomic E-state index is 12.4. The quantitative estimate of drug-likeness (QED) is 0.572. The zero-order valence-electron chi connectivity index (χ0n) is 13.5. The molecule has 25 heavy (non-hydrogen) atoms. The molecule has 1 N–H and O–H groups in total. The van der Waals surface area contributed by atoms with Crippen LogP contribution in [0.4, 0.5) is 0 Å². The Morgan fingerprint density at radius 3 is 2.80 bits per heavy atom. The summed E-state index contributed by atoms with van der Waals surface area (Å²) in [6.45, 7) is 2.49. The number of carbonyl (C=O) groups is 1. The van der Waals surface area contributed by atoms with Crippen molar-refractivity contribution in [1.29, 1.82) is 0 Å². The first-order valence-electron chi connectivity index (χ1n) is 7.84. The molecule has 4 aromatic rings. The molecule has 0 unspecified atom stereocenters. The van der Waals surface area contributed by atoms with E-state index in [0.717, 1.165) is 31.4 Å². The Bertz CT molecular complexity index is 1050. The monoisotopic (exact) mass is 365 g/mol. The van der Waals surface area contributed by atoms with E-state index in [1.54, 1.807) is 28.7 Å². The van der Waals surface area contributed by atoms with Crippen LogP contribution in [0.1, 0.15) is 20.4 Å². The SMILES string of the molecule is Cc1nc(-c2ccc(CNC(=O)c3ccc4ccccc4n3)s2)cs1. The number of hydrogen-bond donors (Lipinski definition) is 1. The maximum Gasteiger partial charge on any atom is 0.270 e. The molecule has 0 atom stereocenters. The van der Waals surface area contributed by atoms with E-state index in [2.05, 4.69) is 26.7 Å². The number of hydrogen-bond acceptors (Lipinski definition) is 5. The largest absolute Gasteiger partial charge is 0.346 e. The minimum Gasteiger partial charge on any atom is -0.346 e. The first-order chi connectivity index (χ1) is 12.2.